The Morgan fingerprint density at radius 1 is 0.970 bits per heavy atom. The first-order valence-electron chi connectivity index (χ1n) is 10.6. The minimum absolute atomic E-state index is 0.309. The SMILES string of the molecule is CN=C(NCc1ccnc(Oc2ccc(F)cc2)c1)NCc1ccccc1Cn1cccn1. The average Bonchev–Trinajstić information content (AvgIpc) is 3.35. The third kappa shape index (κ3) is 6.39. The van der Waals surface area contributed by atoms with Crippen LogP contribution in [0.4, 0.5) is 4.39 Å². The molecule has 0 bridgehead atoms. The zero-order chi connectivity index (χ0) is 22.9. The molecular formula is C25H25FN6O. The third-order valence-corrected chi connectivity index (χ3v) is 4.98. The Kier molecular flexibility index (Phi) is 7.27. The van der Waals surface area contributed by atoms with Crippen molar-refractivity contribution in [1.82, 2.24) is 25.4 Å². The van der Waals surface area contributed by atoms with E-state index in [1.54, 1.807) is 31.6 Å². The predicted octanol–water partition coefficient (Wildman–Crippen LogP) is 4.12. The lowest BCUT2D eigenvalue weighted by Gasteiger charge is -2.15. The van der Waals surface area contributed by atoms with Crippen molar-refractivity contribution >= 4 is 5.96 Å². The molecule has 2 N–H and O–H groups in total. The molecule has 2 aromatic carbocycles. The van der Waals surface area contributed by atoms with Crippen LogP contribution in [0.15, 0.2) is 90.3 Å². The second kappa shape index (κ2) is 10.9. The Morgan fingerprint density at radius 3 is 2.52 bits per heavy atom. The van der Waals surface area contributed by atoms with Crippen LogP contribution >= 0.6 is 0 Å². The van der Waals surface area contributed by atoms with Crippen molar-refractivity contribution in [1.29, 1.82) is 0 Å². The summed E-state index contributed by atoms with van der Waals surface area (Å²) in [5.41, 5.74) is 3.35. The molecule has 4 aromatic rings. The number of hydrogen-bond acceptors (Lipinski definition) is 4. The molecule has 0 unspecified atom stereocenters. The van der Waals surface area contributed by atoms with E-state index in [0.717, 1.165) is 5.56 Å². The van der Waals surface area contributed by atoms with Gasteiger partial charge in [0, 0.05) is 44.8 Å². The topological polar surface area (TPSA) is 76.4 Å². The van der Waals surface area contributed by atoms with E-state index in [2.05, 4.69) is 37.8 Å². The van der Waals surface area contributed by atoms with Crippen molar-refractivity contribution in [3.05, 3.63) is 108 Å². The van der Waals surface area contributed by atoms with Crippen molar-refractivity contribution in [2.75, 3.05) is 7.05 Å². The van der Waals surface area contributed by atoms with Crippen LogP contribution in [0.5, 0.6) is 11.6 Å². The maximum atomic E-state index is 13.1. The van der Waals surface area contributed by atoms with Gasteiger partial charge in [0.05, 0.1) is 6.54 Å². The molecule has 0 spiro atoms. The lowest BCUT2D eigenvalue weighted by Crippen LogP contribution is -2.36. The molecule has 8 heteroatoms. The molecular weight excluding hydrogens is 419 g/mol. The van der Waals surface area contributed by atoms with Crippen molar-refractivity contribution in [2.24, 2.45) is 4.99 Å². The molecule has 2 heterocycles. The summed E-state index contributed by atoms with van der Waals surface area (Å²) in [6, 6.07) is 19.8. The molecule has 33 heavy (non-hydrogen) atoms. The van der Waals surface area contributed by atoms with Crippen LogP contribution in [0.1, 0.15) is 16.7 Å². The highest BCUT2D eigenvalue weighted by Crippen LogP contribution is 2.20. The fourth-order valence-electron chi connectivity index (χ4n) is 3.28. The number of ether oxygens (including phenoxy) is 1. The van der Waals surface area contributed by atoms with E-state index >= 15 is 0 Å². The van der Waals surface area contributed by atoms with Gasteiger partial charge in [-0.2, -0.15) is 5.10 Å². The molecule has 0 aliphatic rings. The van der Waals surface area contributed by atoms with Crippen molar-refractivity contribution < 1.29 is 9.13 Å². The van der Waals surface area contributed by atoms with Gasteiger partial charge >= 0.3 is 0 Å². The number of benzene rings is 2. The number of nitrogens with zero attached hydrogens (tertiary/aromatic N) is 4. The number of guanidine groups is 1. The molecule has 0 radical (unpaired) electrons. The summed E-state index contributed by atoms with van der Waals surface area (Å²) in [5, 5.41) is 11.0. The van der Waals surface area contributed by atoms with Gasteiger partial charge in [0.15, 0.2) is 5.96 Å². The van der Waals surface area contributed by atoms with Crippen LogP contribution in [-0.2, 0) is 19.6 Å². The number of nitrogens with one attached hydrogen (secondary N) is 2. The molecule has 4 rings (SSSR count). The highest BCUT2D eigenvalue weighted by molar-refractivity contribution is 5.79. The summed E-state index contributed by atoms with van der Waals surface area (Å²) in [4.78, 5) is 8.54. The van der Waals surface area contributed by atoms with E-state index in [0.29, 0.717) is 37.2 Å². The summed E-state index contributed by atoms with van der Waals surface area (Å²) in [6.07, 6.45) is 5.41. The quantitative estimate of drug-likeness (QED) is 0.316. The van der Waals surface area contributed by atoms with Crippen LogP contribution in [0.3, 0.4) is 0 Å². The largest absolute Gasteiger partial charge is 0.439 e. The molecule has 0 amide bonds. The molecule has 0 saturated heterocycles. The van der Waals surface area contributed by atoms with E-state index < -0.39 is 0 Å². The second-order valence-electron chi connectivity index (χ2n) is 7.31. The normalized spacial score (nSPS) is 11.3. The number of rotatable bonds is 8. The Bertz CT molecular complexity index is 1190. The molecule has 7 nitrogen and oxygen atoms in total. The minimum Gasteiger partial charge on any atom is -0.439 e. The van der Waals surface area contributed by atoms with Crippen LogP contribution in [0.2, 0.25) is 0 Å². The van der Waals surface area contributed by atoms with Gasteiger partial charge in [-0.25, -0.2) is 9.37 Å². The van der Waals surface area contributed by atoms with Crippen molar-refractivity contribution in [3.63, 3.8) is 0 Å². The van der Waals surface area contributed by atoms with Gasteiger partial charge in [-0.15, -0.1) is 0 Å². The Morgan fingerprint density at radius 2 is 1.76 bits per heavy atom. The molecule has 2 aromatic heterocycles. The van der Waals surface area contributed by atoms with Crippen LogP contribution < -0.4 is 15.4 Å². The Labute approximate surface area is 192 Å². The standard InChI is InChI=1S/C25H25FN6O/c1-27-25(30-17-20-5-2-3-6-21(20)18-32-14-4-12-31-32)29-16-19-11-13-28-24(15-19)33-23-9-7-22(26)8-10-23/h2-15H,16-18H2,1H3,(H2,27,29,30). The number of halogens is 1. The maximum Gasteiger partial charge on any atom is 0.219 e. The molecule has 0 atom stereocenters. The first kappa shape index (κ1) is 22.0. The van der Waals surface area contributed by atoms with Gasteiger partial charge < -0.3 is 15.4 Å². The van der Waals surface area contributed by atoms with Gasteiger partial charge in [-0.05, 0) is 53.1 Å². The monoisotopic (exact) mass is 444 g/mol. The molecule has 168 valence electrons. The summed E-state index contributed by atoms with van der Waals surface area (Å²) < 4.78 is 20.7. The van der Waals surface area contributed by atoms with E-state index in [1.165, 1.54) is 23.3 Å². The zero-order valence-corrected chi connectivity index (χ0v) is 18.3. The van der Waals surface area contributed by atoms with E-state index in [4.69, 9.17) is 4.74 Å². The van der Waals surface area contributed by atoms with Gasteiger partial charge in [-0.3, -0.25) is 9.67 Å². The highest BCUT2D eigenvalue weighted by Gasteiger charge is 2.06. The fourth-order valence-corrected chi connectivity index (χ4v) is 3.28. The van der Waals surface area contributed by atoms with Crippen molar-refractivity contribution in [2.45, 2.75) is 19.6 Å². The first-order valence-corrected chi connectivity index (χ1v) is 10.6. The third-order valence-electron chi connectivity index (χ3n) is 4.98. The maximum absolute atomic E-state index is 13.1. The summed E-state index contributed by atoms with van der Waals surface area (Å²) in [6.45, 7) is 1.88. The predicted molar refractivity (Wildman–Crippen MR) is 126 cm³/mol. The molecule has 0 saturated carbocycles. The number of hydrogen-bond donors (Lipinski definition) is 2. The van der Waals surface area contributed by atoms with E-state index in [-0.39, 0.29) is 5.82 Å². The van der Waals surface area contributed by atoms with Crippen LogP contribution in [0, 0.1) is 5.82 Å². The van der Waals surface area contributed by atoms with Crippen molar-refractivity contribution in [3.8, 4) is 11.6 Å². The summed E-state index contributed by atoms with van der Waals surface area (Å²) in [5.74, 6) is 1.34. The highest BCUT2D eigenvalue weighted by atomic mass is 19.1. The molecule has 0 fully saturated rings. The molecule has 0 aliphatic carbocycles. The zero-order valence-electron chi connectivity index (χ0n) is 18.3. The van der Waals surface area contributed by atoms with E-state index in [9.17, 15) is 4.39 Å². The van der Waals surface area contributed by atoms with Gasteiger partial charge in [0.1, 0.15) is 11.6 Å². The average molecular weight is 445 g/mol. The van der Waals surface area contributed by atoms with Gasteiger partial charge in [0.2, 0.25) is 5.88 Å². The van der Waals surface area contributed by atoms with Gasteiger partial charge in [-0.1, -0.05) is 24.3 Å². The van der Waals surface area contributed by atoms with Crippen LogP contribution in [-0.4, -0.2) is 27.8 Å². The Hall–Kier alpha value is -4.20. The molecule has 0 aliphatic heterocycles. The smallest absolute Gasteiger partial charge is 0.219 e. The lowest BCUT2D eigenvalue weighted by atomic mass is 10.1. The minimum atomic E-state index is -0.309. The van der Waals surface area contributed by atoms with E-state index in [1.807, 2.05) is 41.2 Å². The fraction of sp³-hybridized carbons (Fsp3) is 0.160. The number of aromatic nitrogens is 3. The second-order valence-corrected chi connectivity index (χ2v) is 7.31. The summed E-state index contributed by atoms with van der Waals surface area (Å²) >= 11 is 0. The number of aliphatic imine (C=N–C) groups is 1. The van der Waals surface area contributed by atoms with Crippen LogP contribution in [0.25, 0.3) is 0 Å². The number of pyridine rings is 1. The Balaban J connectivity index is 1.33. The van der Waals surface area contributed by atoms with Gasteiger partial charge in [0.25, 0.3) is 0 Å². The summed E-state index contributed by atoms with van der Waals surface area (Å²) in [7, 11) is 1.74. The first-order chi connectivity index (χ1) is 16.2. The lowest BCUT2D eigenvalue weighted by molar-refractivity contribution is 0.460.